The number of aliphatic hydroxyl groups is 1. The number of piperidine rings is 1. The maximum Gasteiger partial charge on any atom is 0.328 e. The number of fused-ring (bicyclic) bond motifs is 1. The number of nitrogens with zero attached hydrogens (tertiary/aromatic N) is 2. The number of carbonyl (C=O) groups excluding carboxylic acids is 2. The van der Waals surface area contributed by atoms with Gasteiger partial charge in [-0.25, -0.2) is 14.4 Å². The third-order valence-electron chi connectivity index (χ3n) is 10.6. The van der Waals surface area contributed by atoms with Crippen LogP contribution in [0.5, 0.6) is 0 Å². The minimum absolute atomic E-state index is 0.0119. The number of benzene rings is 4. The molecule has 282 valence electrons. The standard InChI is InChI=1S/C42H47N5O7/c1-27-37(25-46-21-19-33(20-22-46)47-36-14-7-6-13-34(36)45-42(47)51)53-40(54-38(27)30-17-15-29(26-48)16-18-30)31-11-8-12-32(24-31)43-41(50)44-35(39(49)52-2)23-28-9-4-3-5-10-28/h3-18,24,27,33,35,37-38,40,48H,19-23,25-26H2,1-2H3,(H,45,51)(H2,43,44,50)/t27-,35-,37+,38+,40+/m0/s1. The number of aromatic amines is 1. The van der Waals surface area contributed by atoms with E-state index in [1.54, 1.807) is 6.07 Å². The highest BCUT2D eigenvalue weighted by atomic mass is 16.7. The number of aromatic nitrogens is 2. The predicted molar refractivity (Wildman–Crippen MR) is 205 cm³/mol. The number of ether oxygens (including phenoxy) is 3. The topological polar surface area (TPSA) is 147 Å². The number of methoxy groups -OCH3 is 1. The van der Waals surface area contributed by atoms with Gasteiger partial charge in [0.05, 0.1) is 37.0 Å². The van der Waals surface area contributed by atoms with E-state index in [0.29, 0.717) is 12.2 Å². The second-order valence-corrected chi connectivity index (χ2v) is 14.2. The van der Waals surface area contributed by atoms with Gasteiger partial charge >= 0.3 is 17.7 Å². The molecule has 5 atom stereocenters. The molecule has 1 aromatic heterocycles. The van der Waals surface area contributed by atoms with Crippen LogP contribution in [0.2, 0.25) is 0 Å². The van der Waals surface area contributed by atoms with E-state index in [9.17, 15) is 19.5 Å². The summed E-state index contributed by atoms with van der Waals surface area (Å²) in [5.41, 5.74) is 5.65. The van der Waals surface area contributed by atoms with Crippen LogP contribution in [0.25, 0.3) is 11.0 Å². The lowest BCUT2D eigenvalue weighted by Gasteiger charge is -2.44. The van der Waals surface area contributed by atoms with Crippen LogP contribution in [0.4, 0.5) is 10.5 Å². The SMILES string of the molecule is COC(=O)[C@H](Cc1ccccc1)NC(=O)Nc1cccc([C@@H]2O[C@H](CN3CCC(n4c(=O)[nH]c5ccccc54)CC3)[C@H](C)[C@H](c3ccc(CO)cc3)O2)c1. The van der Waals surface area contributed by atoms with Crippen molar-refractivity contribution >= 4 is 28.7 Å². The van der Waals surface area contributed by atoms with Gasteiger partial charge in [0.1, 0.15) is 6.04 Å². The van der Waals surface area contributed by atoms with E-state index in [1.807, 2.05) is 102 Å². The molecule has 2 aliphatic rings. The Hall–Kier alpha value is -5.27. The van der Waals surface area contributed by atoms with E-state index in [4.69, 9.17) is 14.2 Å². The molecule has 0 saturated carbocycles. The van der Waals surface area contributed by atoms with Crippen LogP contribution < -0.4 is 16.3 Å². The predicted octanol–water partition coefficient (Wildman–Crippen LogP) is 5.86. The van der Waals surface area contributed by atoms with Gasteiger partial charge in [-0.3, -0.25) is 4.57 Å². The fourth-order valence-electron chi connectivity index (χ4n) is 7.65. The third-order valence-corrected chi connectivity index (χ3v) is 10.6. The van der Waals surface area contributed by atoms with E-state index in [2.05, 4.69) is 27.4 Å². The molecule has 7 rings (SSSR count). The zero-order valence-corrected chi connectivity index (χ0v) is 30.5. The van der Waals surface area contributed by atoms with Gasteiger partial charge in [-0.2, -0.15) is 0 Å². The summed E-state index contributed by atoms with van der Waals surface area (Å²) < 4.78 is 20.3. The van der Waals surface area contributed by atoms with Crippen LogP contribution in [-0.4, -0.2) is 70.4 Å². The Kier molecular flexibility index (Phi) is 11.5. The quantitative estimate of drug-likeness (QED) is 0.124. The number of H-pyrrole nitrogens is 1. The minimum atomic E-state index is -0.876. The van der Waals surface area contributed by atoms with Crippen molar-refractivity contribution in [3.8, 4) is 0 Å². The monoisotopic (exact) mass is 733 g/mol. The lowest BCUT2D eigenvalue weighted by atomic mass is 9.89. The van der Waals surface area contributed by atoms with Gasteiger partial charge in [0.15, 0.2) is 6.29 Å². The molecule has 0 aliphatic carbocycles. The molecule has 2 amide bonds. The van der Waals surface area contributed by atoms with Crippen LogP contribution in [0, 0.1) is 5.92 Å². The molecular formula is C42H47N5O7. The Bertz CT molecular complexity index is 2090. The van der Waals surface area contributed by atoms with Crippen LogP contribution in [0.15, 0.2) is 108 Å². The fourth-order valence-corrected chi connectivity index (χ4v) is 7.65. The number of carbonyl (C=O) groups is 2. The summed E-state index contributed by atoms with van der Waals surface area (Å²) in [6.45, 7) is 4.40. The third kappa shape index (κ3) is 8.42. The maximum absolute atomic E-state index is 13.2. The maximum atomic E-state index is 13.2. The highest BCUT2D eigenvalue weighted by molar-refractivity contribution is 5.92. The van der Waals surface area contributed by atoms with Crippen molar-refractivity contribution in [2.45, 2.75) is 63.4 Å². The molecule has 3 heterocycles. The van der Waals surface area contributed by atoms with Gasteiger partial charge in [-0.05, 0) is 53.8 Å². The number of urea groups is 1. The number of imidazole rings is 1. The summed E-state index contributed by atoms with van der Waals surface area (Å²) in [4.78, 5) is 44.0. The largest absolute Gasteiger partial charge is 0.467 e. The summed E-state index contributed by atoms with van der Waals surface area (Å²) >= 11 is 0. The van der Waals surface area contributed by atoms with Crippen molar-refractivity contribution in [3.63, 3.8) is 0 Å². The van der Waals surface area contributed by atoms with Crippen LogP contribution >= 0.6 is 0 Å². The Labute approximate surface area is 314 Å². The molecule has 2 saturated heterocycles. The Morgan fingerprint density at radius 2 is 1.65 bits per heavy atom. The molecule has 4 aromatic carbocycles. The smallest absolute Gasteiger partial charge is 0.328 e. The van der Waals surface area contributed by atoms with Gasteiger partial charge < -0.3 is 39.8 Å². The Balaban J connectivity index is 1.06. The summed E-state index contributed by atoms with van der Waals surface area (Å²) in [7, 11) is 1.30. The molecule has 0 unspecified atom stereocenters. The zero-order chi connectivity index (χ0) is 37.6. The molecule has 0 radical (unpaired) electrons. The highest BCUT2D eigenvalue weighted by Crippen LogP contribution is 2.42. The number of nitrogens with one attached hydrogen (secondary N) is 3. The number of hydrogen-bond acceptors (Lipinski definition) is 8. The molecule has 12 heteroatoms. The summed E-state index contributed by atoms with van der Waals surface area (Å²) in [6.07, 6.45) is 0.728. The summed E-state index contributed by atoms with van der Waals surface area (Å²) in [6, 6.07) is 31.1. The van der Waals surface area contributed by atoms with Crippen LogP contribution in [-0.2, 0) is 32.0 Å². The van der Waals surface area contributed by atoms with Crippen molar-refractivity contribution in [2.24, 2.45) is 5.92 Å². The number of hydrogen-bond donors (Lipinski definition) is 4. The average Bonchev–Trinajstić information content (AvgIpc) is 3.54. The Morgan fingerprint density at radius 1 is 0.907 bits per heavy atom. The second kappa shape index (κ2) is 16.8. The van der Waals surface area contributed by atoms with Crippen LogP contribution in [0.3, 0.4) is 0 Å². The lowest BCUT2D eigenvalue weighted by molar-refractivity contribution is -0.276. The molecule has 2 fully saturated rings. The van der Waals surface area contributed by atoms with Crippen molar-refractivity contribution in [1.29, 1.82) is 0 Å². The molecule has 54 heavy (non-hydrogen) atoms. The number of para-hydroxylation sites is 2. The number of amides is 2. The van der Waals surface area contributed by atoms with E-state index in [-0.39, 0.29) is 42.9 Å². The molecule has 5 aromatic rings. The van der Waals surface area contributed by atoms with Crippen molar-refractivity contribution in [1.82, 2.24) is 19.8 Å². The fraction of sp³-hybridized carbons (Fsp3) is 0.357. The van der Waals surface area contributed by atoms with Gasteiger partial charge in [-0.1, -0.05) is 85.8 Å². The van der Waals surface area contributed by atoms with Gasteiger partial charge in [0.2, 0.25) is 0 Å². The molecule has 12 nitrogen and oxygen atoms in total. The number of anilines is 1. The van der Waals surface area contributed by atoms with E-state index in [0.717, 1.165) is 59.2 Å². The molecule has 4 N–H and O–H groups in total. The Morgan fingerprint density at radius 3 is 2.39 bits per heavy atom. The highest BCUT2D eigenvalue weighted by Gasteiger charge is 2.40. The zero-order valence-electron chi connectivity index (χ0n) is 30.5. The van der Waals surface area contributed by atoms with Crippen LogP contribution in [0.1, 0.15) is 60.5 Å². The molecule has 0 bridgehead atoms. The van der Waals surface area contributed by atoms with E-state index < -0.39 is 24.3 Å². The second-order valence-electron chi connectivity index (χ2n) is 14.2. The molecule has 0 spiro atoms. The van der Waals surface area contributed by atoms with Gasteiger partial charge in [0.25, 0.3) is 0 Å². The number of likely N-dealkylation sites (tertiary alicyclic amines) is 1. The molecule has 2 aliphatic heterocycles. The van der Waals surface area contributed by atoms with Crippen molar-refractivity contribution in [3.05, 3.63) is 136 Å². The first-order chi connectivity index (χ1) is 26.3. The van der Waals surface area contributed by atoms with E-state index >= 15 is 0 Å². The van der Waals surface area contributed by atoms with Crippen molar-refractivity contribution in [2.75, 3.05) is 32.1 Å². The minimum Gasteiger partial charge on any atom is -0.467 e. The number of rotatable bonds is 11. The summed E-state index contributed by atoms with van der Waals surface area (Å²) in [5, 5.41) is 15.3. The first-order valence-corrected chi connectivity index (χ1v) is 18.5. The first-order valence-electron chi connectivity index (χ1n) is 18.5. The van der Waals surface area contributed by atoms with Crippen molar-refractivity contribution < 1.29 is 28.9 Å². The van der Waals surface area contributed by atoms with Gasteiger partial charge in [0, 0.05) is 49.3 Å². The first kappa shape index (κ1) is 37.1. The number of esters is 1. The van der Waals surface area contributed by atoms with E-state index in [1.165, 1.54) is 7.11 Å². The number of aliphatic hydroxyl groups excluding tert-OH is 1. The normalized spacial score (nSPS) is 21.4. The summed E-state index contributed by atoms with van der Waals surface area (Å²) in [5.74, 6) is -0.553. The lowest BCUT2D eigenvalue weighted by Crippen LogP contribution is -2.47. The van der Waals surface area contributed by atoms with Gasteiger partial charge in [-0.15, -0.1) is 0 Å². The average molecular weight is 734 g/mol. The molecular weight excluding hydrogens is 686 g/mol.